The summed E-state index contributed by atoms with van der Waals surface area (Å²) in [6.45, 7) is 6.73. The third-order valence-corrected chi connectivity index (χ3v) is 4.13. The molecule has 0 fully saturated rings. The molecule has 4 nitrogen and oxygen atoms in total. The lowest BCUT2D eigenvalue weighted by Gasteiger charge is -2.21. The van der Waals surface area contributed by atoms with Crippen LogP contribution in [0, 0.1) is 0 Å². The van der Waals surface area contributed by atoms with E-state index in [-0.39, 0.29) is 18.2 Å². The minimum Gasteiger partial charge on any atom is -0.338 e. The minimum absolute atomic E-state index is 0.0297. The first-order chi connectivity index (χ1) is 12.0. The third-order valence-electron chi connectivity index (χ3n) is 4.13. The molecule has 0 spiro atoms. The lowest BCUT2D eigenvalue weighted by molar-refractivity contribution is -0.129. The van der Waals surface area contributed by atoms with Gasteiger partial charge in [0, 0.05) is 32.1 Å². The van der Waals surface area contributed by atoms with E-state index in [9.17, 15) is 9.59 Å². The summed E-state index contributed by atoms with van der Waals surface area (Å²) in [6.07, 6.45) is 0.276. The standard InChI is InChI=1S/C21H26N2O2/c1-16(2)19-9-11-20(12-10-19)22-21(25)13-14-23(17(3)24)15-18-7-5-4-6-8-18/h4-12,16H,13-15H2,1-3H3,(H,22,25). The Hall–Kier alpha value is -2.62. The Morgan fingerprint density at radius 3 is 2.20 bits per heavy atom. The predicted molar refractivity (Wildman–Crippen MR) is 101 cm³/mol. The Morgan fingerprint density at radius 2 is 1.64 bits per heavy atom. The van der Waals surface area contributed by atoms with Crippen molar-refractivity contribution in [3.63, 3.8) is 0 Å². The van der Waals surface area contributed by atoms with Crippen molar-refractivity contribution >= 4 is 17.5 Å². The number of hydrogen-bond donors (Lipinski definition) is 1. The molecule has 2 aromatic carbocycles. The Bertz CT molecular complexity index is 694. The minimum atomic E-state index is -0.0865. The zero-order chi connectivity index (χ0) is 18.2. The van der Waals surface area contributed by atoms with Crippen LogP contribution in [-0.4, -0.2) is 23.3 Å². The van der Waals surface area contributed by atoms with E-state index in [1.54, 1.807) is 4.90 Å². The molecule has 0 aliphatic carbocycles. The Kier molecular flexibility index (Phi) is 6.75. The van der Waals surface area contributed by atoms with Crippen molar-refractivity contribution in [2.45, 2.75) is 39.7 Å². The van der Waals surface area contributed by atoms with Gasteiger partial charge in [0.25, 0.3) is 0 Å². The molecule has 0 aliphatic heterocycles. The van der Waals surface area contributed by atoms with Crippen molar-refractivity contribution in [3.05, 3.63) is 65.7 Å². The smallest absolute Gasteiger partial charge is 0.226 e. The average Bonchev–Trinajstić information content (AvgIpc) is 2.59. The topological polar surface area (TPSA) is 49.4 Å². The largest absolute Gasteiger partial charge is 0.338 e. The molecule has 0 radical (unpaired) electrons. The molecule has 0 heterocycles. The first kappa shape index (κ1) is 18.7. The van der Waals surface area contributed by atoms with Gasteiger partial charge in [-0.25, -0.2) is 0 Å². The van der Waals surface area contributed by atoms with Gasteiger partial charge in [-0.05, 0) is 29.2 Å². The molecule has 132 valence electrons. The molecule has 0 saturated heterocycles. The molecule has 1 N–H and O–H groups in total. The van der Waals surface area contributed by atoms with Crippen LogP contribution in [-0.2, 0) is 16.1 Å². The Balaban J connectivity index is 1.87. The van der Waals surface area contributed by atoms with E-state index in [4.69, 9.17) is 0 Å². The first-order valence-corrected chi connectivity index (χ1v) is 8.65. The highest BCUT2D eigenvalue weighted by molar-refractivity contribution is 5.91. The van der Waals surface area contributed by atoms with E-state index in [0.29, 0.717) is 19.0 Å². The van der Waals surface area contributed by atoms with Gasteiger partial charge in [-0.1, -0.05) is 56.3 Å². The maximum absolute atomic E-state index is 12.2. The fraction of sp³-hybridized carbons (Fsp3) is 0.333. The summed E-state index contributed by atoms with van der Waals surface area (Å²) in [5, 5.41) is 2.89. The van der Waals surface area contributed by atoms with E-state index in [0.717, 1.165) is 11.3 Å². The fourth-order valence-electron chi connectivity index (χ4n) is 2.56. The quantitative estimate of drug-likeness (QED) is 0.823. The van der Waals surface area contributed by atoms with E-state index in [2.05, 4.69) is 19.2 Å². The van der Waals surface area contributed by atoms with Gasteiger partial charge < -0.3 is 10.2 Å². The first-order valence-electron chi connectivity index (χ1n) is 8.65. The number of nitrogens with zero attached hydrogens (tertiary/aromatic N) is 1. The zero-order valence-electron chi connectivity index (χ0n) is 15.2. The molecule has 0 bridgehead atoms. The number of nitrogens with one attached hydrogen (secondary N) is 1. The summed E-state index contributed by atoms with van der Waals surface area (Å²) in [5.74, 6) is 0.349. The summed E-state index contributed by atoms with van der Waals surface area (Å²) >= 11 is 0. The van der Waals surface area contributed by atoms with Crippen LogP contribution in [0.2, 0.25) is 0 Å². The van der Waals surface area contributed by atoms with Crippen LogP contribution in [0.5, 0.6) is 0 Å². The molecule has 2 aromatic rings. The van der Waals surface area contributed by atoms with Crippen molar-refractivity contribution in [2.75, 3.05) is 11.9 Å². The van der Waals surface area contributed by atoms with Crippen LogP contribution >= 0.6 is 0 Å². The summed E-state index contributed by atoms with van der Waals surface area (Å²) in [6, 6.07) is 17.7. The SMILES string of the molecule is CC(=O)N(CCC(=O)Nc1ccc(C(C)C)cc1)Cc1ccccc1. The molecular formula is C21H26N2O2. The van der Waals surface area contributed by atoms with Crippen molar-refractivity contribution in [2.24, 2.45) is 0 Å². The van der Waals surface area contributed by atoms with E-state index in [1.807, 2.05) is 54.6 Å². The molecule has 0 saturated carbocycles. The second-order valence-corrected chi connectivity index (χ2v) is 6.50. The van der Waals surface area contributed by atoms with E-state index >= 15 is 0 Å². The molecule has 0 aliphatic rings. The van der Waals surface area contributed by atoms with Crippen molar-refractivity contribution in [1.82, 2.24) is 4.90 Å². The van der Waals surface area contributed by atoms with Crippen molar-refractivity contribution in [1.29, 1.82) is 0 Å². The maximum atomic E-state index is 12.2. The number of hydrogen-bond acceptors (Lipinski definition) is 2. The average molecular weight is 338 g/mol. The summed E-state index contributed by atoms with van der Waals surface area (Å²) in [4.78, 5) is 25.7. The van der Waals surface area contributed by atoms with Crippen LogP contribution < -0.4 is 5.32 Å². The number of carbonyl (C=O) groups is 2. The normalized spacial score (nSPS) is 10.6. The van der Waals surface area contributed by atoms with Gasteiger partial charge in [-0.2, -0.15) is 0 Å². The number of rotatable bonds is 7. The van der Waals surface area contributed by atoms with Gasteiger partial charge in [-0.15, -0.1) is 0 Å². The Labute approximate surface area is 149 Å². The Morgan fingerprint density at radius 1 is 1.00 bits per heavy atom. The highest BCUT2D eigenvalue weighted by Crippen LogP contribution is 2.17. The van der Waals surface area contributed by atoms with Gasteiger partial charge >= 0.3 is 0 Å². The zero-order valence-corrected chi connectivity index (χ0v) is 15.2. The number of carbonyl (C=O) groups excluding carboxylic acids is 2. The van der Waals surface area contributed by atoms with Crippen molar-refractivity contribution in [3.8, 4) is 0 Å². The van der Waals surface area contributed by atoms with Gasteiger partial charge in [0.1, 0.15) is 0 Å². The molecule has 0 unspecified atom stereocenters. The second kappa shape index (κ2) is 9.02. The van der Waals surface area contributed by atoms with E-state index in [1.165, 1.54) is 12.5 Å². The predicted octanol–water partition coefficient (Wildman–Crippen LogP) is 4.19. The summed E-state index contributed by atoms with van der Waals surface area (Å²) in [5.41, 5.74) is 3.08. The van der Waals surface area contributed by atoms with Crippen LogP contribution in [0.15, 0.2) is 54.6 Å². The lowest BCUT2D eigenvalue weighted by atomic mass is 10.0. The lowest BCUT2D eigenvalue weighted by Crippen LogP contribution is -2.31. The van der Waals surface area contributed by atoms with Gasteiger partial charge in [-0.3, -0.25) is 9.59 Å². The summed E-state index contributed by atoms with van der Waals surface area (Å²) < 4.78 is 0. The second-order valence-electron chi connectivity index (χ2n) is 6.50. The molecule has 2 rings (SSSR count). The monoisotopic (exact) mass is 338 g/mol. The van der Waals surface area contributed by atoms with Gasteiger partial charge in [0.15, 0.2) is 0 Å². The molecule has 25 heavy (non-hydrogen) atoms. The number of anilines is 1. The van der Waals surface area contributed by atoms with Crippen LogP contribution in [0.3, 0.4) is 0 Å². The molecule has 0 aromatic heterocycles. The van der Waals surface area contributed by atoms with Crippen LogP contribution in [0.4, 0.5) is 5.69 Å². The molecule has 2 amide bonds. The molecule has 4 heteroatoms. The highest BCUT2D eigenvalue weighted by atomic mass is 16.2. The van der Waals surface area contributed by atoms with Gasteiger partial charge in [0.2, 0.25) is 11.8 Å². The van der Waals surface area contributed by atoms with E-state index < -0.39 is 0 Å². The number of benzene rings is 2. The summed E-state index contributed by atoms with van der Waals surface area (Å²) in [7, 11) is 0. The van der Waals surface area contributed by atoms with Crippen LogP contribution in [0.25, 0.3) is 0 Å². The van der Waals surface area contributed by atoms with Crippen molar-refractivity contribution < 1.29 is 9.59 Å². The van der Waals surface area contributed by atoms with Gasteiger partial charge in [0.05, 0.1) is 0 Å². The molecular weight excluding hydrogens is 312 g/mol. The third kappa shape index (κ3) is 6.07. The molecule has 0 atom stereocenters. The number of amides is 2. The maximum Gasteiger partial charge on any atom is 0.226 e. The highest BCUT2D eigenvalue weighted by Gasteiger charge is 2.12. The fourth-order valence-corrected chi connectivity index (χ4v) is 2.56. The van der Waals surface area contributed by atoms with Crippen LogP contribution in [0.1, 0.15) is 44.2 Å².